The van der Waals surface area contributed by atoms with E-state index in [0.717, 1.165) is 6.07 Å². The van der Waals surface area contributed by atoms with Crippen molar-refractivity contribution >= 4 is 23.4 Å². The van der Waals surface area contributed by atoms with E-state index in [1.165, 1.54) is 12.1 Å². The lowest BCUT2D eigenvalue weighted by atomic mass is 10.1. The SMILES string of the molecule is CC(C)NC(=O)CCCC(=O)NCC(O)c1ccc(Cl)c(F)c1. The molecule has 128 valence electrons. The van der Waals surface area contributed by atoms with Crippen LogP contribution in [-0.4, -0.2) is 29.5 Å². The summed E-state index contributed by atoms with van der Waals surface area (Å²) >= 11 is 5.57. The Morgan fingerprint density at radius 3 is 2.52 bits per heavy atom. The van der Waals surface area contributed by atoms with Crippen molar-refractivity contribution < 1.29 is 19.1 Å². The molecule has 0 spiro atoms. The maximum absolute atomic E-state index is 13.3. The summed E-state index contributed by atoms with van der Waals surface area (Å²) in [5.74, 6) is -0.981. The Morgan fingerprint density at radius 2 is 1.91 bits per heavy atom. The predicted octanol–water partition coefficient (Wildman–Crippen LogP) is 2.32. The molecule has 1 unspecified atom stereocenters. The van der Waals surface area contributed by atoms with E-state index in [4.69, 9.17) is 11.6 Å². The molecule has 0 saturated carbocycles. The molecule has 1 aromatic rings. The van der Waals surface area contributed by atoms with Gasteiger partial charge in [0.2, 0.25) is 11.8 Å². The van der Waals surface area contributed by atoms with Crippen LogP contribution in [0.4, 0.5) is 4.39 Å². The molecule has 0 aliphatic carbocycles. The molecule has 3 N–H and O–H groups in total. The third-order valence-corrected chi connectivity index (χ3v) is 3.38. The number of aliphatic hydroxyl groups excluding tert-OH is 1. The van der Waals surface area contributed by atoms with Crippen LogP contribution in [-0.2, 0) is 9.59 Å². The molecule has 0 bridgehead atoms. The van der Waals surface area contributed by atoms with E-state index in [2.05, 4.69) is 10.6 Å². The van der Waals surface area contributed by atoms with Crippen LogP contribution in [0.25, 0.3) is 0 Å². The minimum Gasteiger partial charge on any atom is -0.387 e. The summed E-state index contributed by atoms with van der Waals surface area (Å²) in [5.41, 5.74) is 0.337. The smallest absolute Gasteiger partial charge is 0.220 e. The largest absolute Gasteiger partial charge is 0.387 e. The highest BCUT2D eigenvalue weighted by Crippen LogP contribution is 2.19. The minimum absolute atomic E-state index is 0.0235. The van der Waals surface area contributed by atoms with Gasteiger partial charge in [0.1, 0.15) is 5.82 Å². The standard InChI is InChI=1S/C16H22ClFN2O3/c1-10(2)20-16(23)5-3-4-15(22)19-9-14(21)11-6-7-12(17)13(18)8-11/h6-8,10,14,21H,3-5,9H2,1-2H3,(H,19,22)(H,20,23). The second-order valence-corrected chi connectivity index (χ2v) is 5.98. The van der Waals surface area contributed by atoms with Crippen LogP contribution >= 0.6 is 11.6 Å². The average Bonchev–Trinajstić information content (AvgIpc) is 2.46. The molecular weight excluding hydrogens is 323 g/mol. The molecule has 0 aliphatic rings. The Kier molecular flexibility index (Phi) is 7.98. The normalized spacial score (nSPS) is 12.1. The van der Waals surface area contributed by atoms with Crippen LogP contribution in [0, 0.1) is 5.82 Å². The molecule has 7 heteroatoms. The number of benzene rings is 1. The minimum atomic E-state index is -1.02. The number of aliphatic hydroxyl groups is 1. The maximum Gasteiger partial charge on any atom is 0.220 e. The summed E-state index contributed by atoms with van der Waals surface area (Å²) in [7, 11) is 0. The van der Waals surface area contributed by atoms with Crippen LogP contribution in [0.2, 0.25) is 5.02 Å². The number of halogens is 2. The monoisotopic (exact) mass is 344 g/mol. The molecule has 1 aromatic carbocycles. The van der Waals surface area contributed by atoms with Gasteiger partial charge in [-0.05, 0) is 38.0 Å². The zero-order chi connectivity index (χ0) is 17.4. The molecule has 5 nitrogen and oxygen atoms in total. The molecule has 0 fully saturated rings. The van der Waals surface area contributed by atoms with Gasteiger partial charge in [-0.2, -0.15) is 0 Å². The summed E-state index contributed by atoms with van der Waals surface area (Å²) in [6, 6.07) is 4.06. The molecule has 0 aliphatic heterocycles. The topological polar surface area (TPSA) is 78.4 Å². The molecule has 0 heterocycles. The van der Waals surface area contributed by atoms with Gasteiger partial charge in [-0.15, -0.1) is 0 Å². The van der Waals surface area contributed by atoms with Crippen molar-refractivity contribution in [1.29, 1.82) is 0 Å². The number of hydrogen-bond acceptors (Lipinski definition) is 3. The van der Waals surface area contributed by atoms with E-state index in [9.17, 15) is 19.1 Å². The van der Waals surface area contributed by atoms with E-state index in [0.29, 0.717) is 12.0 Å². The third-order valence-electron chi connectivity index (χ3n) is 3.08. The van der Waals surface area contributed by atoms with E-state index >= 15 is 0 Å². The van der Waals surface area contributed by atoms with Crippen LogP contribution in [0.3, 0.4) is 0 Å². The van der Waals surface area contributed by atoms with Gasteiger partial charge in [-0.25, -0.2) is 4.39 Å². The molecule has 1 rings (SSSR count). The molecule has 0 aromatic heterocycles. The molecule has 23 heavy (non-hydrogen) atoms. The number of hydrogen-bond donors (Lipinski definition) is 3. The van der Waals surface area contributed by atoms with Crippen molar-refractivity contribution in [3.8, 4) is 0 Å². The molecular formula is C16H22ClFN2O3. The van der Waals surface area contributed by atoms with Crippen molar-refractivity contribution in [2.45, 2.75) is 45.3 Å². The first-order chi connectivity index (χ1) is 10.8. The molecule has 0 saturated heterocycles. The lowest BCUT2D eigenvalue weighted by molar-refractivity contribution is -0.122. The highest BCUT2D eigenvalue weighted by atomic mass is 35.5. The zero-order valence-corrected chi connectivity index (χ0v) is 14.0. The number of nitrogens with one attached hydrogen (secondary N) is 2. The second-order valence-electron chi connectivity index (χ2n) is 5.57. The van der Waals surface area contributed by atoms with Crippen molar-refractivity contribution in [2.75, 3.05) is 6.54 Å². The lowest BCUT2D eigenvalue weighted by Gasteiger charge is -2.13. The van der Waals surface area contributed by atoms with Gasteiger partial charge in [0, 0.05) is 25.4 Å². The van der Waals surface area contributed by atoms with Crippen molar-refractivity contribution in [3.05, 3.63) is 34.6 Å². The fourth-order valence-electron chi connectivity index (χ4n) is 1.94. The number of amides is 2. The highest BCUT2D eigenvalue weighted by molar-refractivity contribution is 6.30. The van der Waals surface area contributed by atoms with Crippen LogP contribution in [0.15, 0.2) is 18.2 Å². The molecule has 0 radical (unpaired) electrons. The number of rotatable bonds is 8. The Morgan fingerprint density at radius 1 is 1.26 bits per heavy atom. The summed E-state index contributed by atoms with van der Waals surface area (Å²) in [5, 5.41) is 15.2. The van der Waals surface area contributed by atoms with Gasteiger partial charge in [0.15, 0.2) is 0 Å². The van der Waals surface area contributed by atoms with Crippen LogP contribution < -0.4 is 10.6 Å². The van der Waals surface area contributed by atoms with Gasteiger partial charge >= 0.3 is 0 Å². The summed E-state index contributed by atoms with van der Waals surface area (Å²) in [6.45, 7) is 3.70. The first-order valence-corrected chi connectivity index (χ1v) is 7.86. The first kappa shape index (κ1) is 19.4. The Hall–Kier alpha value is -1.66. The summed E-state index contributed by atoms with van der Waals surface area (Å²) in [6.07, 6.45) is -0.130. The van der Waals surface area contributed by atoms with Crippen LogP contribution in [0.5, 0.6) is 0 Å². The van der Waals surface area contributed by atoms with E-state index in [1.54, 1.807) is 0 Å². The highest BCUT2D eigenvalue weighted by Gasteiger charge is 2.12. The fourth-order valence-corrected chi connectivity index (χ4v) is 2.06. The van der Waals surface area contributed by atoms with E-state index in [-0.39, 0.29) is 42.3 Å². The van der Waals surface area contributed by atoms with Gasteiger partial charge in [-0.1, -0.05) is 17.7 Å². The lowest BCUT2D eigenvalue weighted by Crippen LogP contribution is -2.31. The van der Waals surface area contributed by atoms with Crippen LogP contribution in [0.1, 0.15) is 44.8 Å². The quantitative estimate of drug-likeness (QED) is 0.677. The Labute approximate surface area is 140 Å². The first-order valence-electron chi connectivity index (χ1n) is 7.48. The maximum atomic E-state index is 13.3. The van der Waals surface area contributed by atoms with Crippen molar-refractivity contribution in [1.82, 2.24) is 10.6 Å². The number of carbonyl (C=O) groups excluding carboxylic acids is 2. The van der Waals surface area contributed by atoms with E-state index in [1.807, 2.05) is 13.8 Å². The average molecular weight is 345 g/mol. The van der Waals surface area contributed by atoms with Gasteiger partial charge in [0.25, 0.3) is 0 Å². The predicted molar refractivity (Wildman–Crippen MR) is 86.5 cm³/mol. The van der Waals surface area contributed by atoms with Gasteiger partial charge in [-0.3, -0.25) is 9.59 Å². The Bertz CT molecular complexity index is 552. The number of carbonyl (C=O) groups is 2. The summed E-state index contributed by atoms with van der Waals surface area (Å²) < 4.78 is 13.3. The van der Waals surface area contributed by atoms with Crippen molar-refractivity contribution in [2.24, 2.45) is 0 Å². The fraction of sp³-hybridized carbons (Fsp3) is 0.500. The Balaban J connectivity index is 2.29. The second kappa shape index (κ2) is 9.47. The zero-order valence-electron chi connectivity index (χ0n) is 13.2. The molecule has 1 atom stereocenters. The third kappa shape index (κ3) is 7.43. The summed E-state index contributed by atoms with van der Waals surface area (Å²) in [4.78, 5) is 23.1. The van der Waals surface area contributed by atoms with E-state index < -0.39 is 11.9 Å². The molecule has 2 amide bonds. The van der Waals surface area contributed by atoms with Crippen molar-refractivity contribution in [3.63, 3.8) is 0 Å². The van der Waals surface area contributed by atoms with Gasteiger partial charge in [0.05, 0.1) is 11.1 Å². The van der Waals surface area contributed by atoms with Gasteiger partial charge < -0.3 is 15.7 Å².